The van der Waals surface area contributed by atoms with E-state index in [1.165, 1.54) is 30.6 Å². The molecule has 154 valence electrons. The number of alkyl halides is 3. The van der Waals surface area contributed by atoms with Crippen LogP contribution < -0.4 is 10.1 Å². The molecule has 6 rings (SSSR count). The van der Waals surface area contributed by atoms with Crippen LogP contribution in [0.3, 0.4) is 0 Å². The highest BCUT2D eigenvalue weighted by atomic mass is 19.4. The van der Waals surface area contributed by atoms with Crippen molar-refractivity contribution in [1.82, 2.24) is 14.8 Å². The molecule has 1 N–H and O–H groups in total. The number of nitrogens with one attached hydrogen (secondary N) is 1. The van der Waals surface area contributed by atoms with E-state index in [0.717, 1.165) is 38.5 Å². The van der Waals surface area contributed by atoms with Crippen molar-refractivity contribution >= 4 is 11.6 Å². The molecule has 2 aromatic rings. The zero-order chi connectivity index (χ0) is 20.3. The van der Waals surface area contributed by atoms with Crippen LogP contribution in [0.25, 0.3) is 0 Å². The maximum absolute atomic E-state index is 13.3. The minimum Gasteiger partial charge on any atom is -0.406 e. The topological polar surface area (TPSA) is 69.0 Å². The molecule has 2 atom stereocenters. The van der Waals surface area contributed by atoms with E-state index >= 15 is 0 Å². The standard InChI is InChI=1S/C20H21F3N4O2/c21-20(22,23)29-16-3-1-15(2-4-16)26-17(28)18-6-13-5-14(7-18)9-19(8-13,10-18)27-12-24-11-25-27/h1-4,11-14H,5-10H2,(H,26,28)/t13-,14-,18?,19?/m0/s1. The predicted octanol–water partition coefficient (Wildman–Crippen LogP) is 4.11. The third-order valence-corrected chi connectivity index (χ3v) is 6.76. The largest absolute Gasteiger partial charge is 0.573 e. The lowest BCUT2D eigenvalue weighted by molar-refractivity contribution is -0.274. The van der Waals surface area contributed by atoms with Gasteiger partial charge in [0.25, 0.3) is 0 Å². The molecular weight excluding hydrogens is 385 g/mol. The summed E-state index contributed by atoms with van der Waals surface area (Å²) in [6, 6.07) is 5.29. The summed E-state index contributed by atoms with van der Waals surface area (Å²) in [5.41, 5.74) is -0.172. The van der Waals surface area contributed by atoms with Crippen LogP contribution in [0, 0.1) is 17.3 Å². The SMILES string of the molecule is O=C(Nc1ccc(OC(F)(F)F)cc1)C12C[C@@H]3C[C@@H](C1)CC(n1cncn1)(C3)C2. The van der Waals surface area contributed by atoms with E-state index in [-0.39, 0.29) is 17.2 Å². The first-order valence-electron chi connectivity index (χ1n) is 9.78. The van der Waals surface area contributed by atoms with E-state index in [9.17, 15) is 18.0 Å². The Morgan fingerprint density at radius 2 is 1.83 bits per heavy atom. The molecule has 1 aromatic carbocycles. The van der Waals surface area contributed by atoms with Gasteiger partial charge in [-0.2, -0.15) is 5.10 Å². The molecule has 0 spiro atoms. The maximum atomic E-state index is 13.3. The summed E-state index contributed by atoms with van der Waals surface area (Å²) in [4.78, 5) is 17.4. The second-order valence-electron chi connectivity index (χ2n) is 8.83. The van der Waals surface area contributed by atoms with Gasteiger partial charge in [0.2, 0.25) is 5.91 Å². The average molecular weight is 406 g/mol. The molecule has 0 saturated heterocycles. The van der Waals surface area contributed by atoms with Crippen molar-refractivity contribution in [3.63, 3.8) is 0 Å². The molecule has 4 bridgehead atoms. The first-order chi connectivity index (χ1) is 13.8. The molecule has 4 saturated carbocycles. The summed E-state index contributed by atoms with van der Waals surface area (Å²) in [5, 5.41) is 7.32. The van der Waals surface area contributed by atoms with Gasteiger partial charge in [0.1, 0.15) is 18.4 Å². The van der Waals surface area contributed by atoms with Crippen molar-refractivity contribution < 1.29 is 22.7 Å². The smallest absolute Gasteiger partial charge is 0.406 e. The average Bonchev–Trinajstić information content (AvgIpc) is 3.17. The molecule has 4 aliphatic rings. The molecule has 1 amide bonds. The van der Waals surface area contributed by atoms with Crippen LogP contribution in [0.5, 0.6) is 5.75 Å². The van der Waals surface area contributed by atoms with E-state index in [4.69, 9.17) is 0 Å². The number of amides is 1. The number of anilines is 1. The van der Waals surface area contributed by atoms with E-state index in [1.807, 2.05) is 4.68 Å². The van der Waals surface area contributed by atoms with Crippen molar-refractivity contribution in [3.05, 3.63) is 36.9 Å². The summed E-state index contributed by atoms with van der Waals surface area (Å²) < 4.78 is 42.8. The fraction of sp³-hybridized carbons (Fsp3) is 0.550. The van der Waals surface area contributed by atoms with Gasteiger partial charge in [-0.15, -0.1) is 13.2 Å². The van der Waals surface area contributed by atoms with Gasteiger partial charge < -0.3 is 10.1 Å². The third kappa shape index (κ3) is 3.26. The van der Waals surface area contributed by atoms with Crippen molar-refractivity contribution in [2.75, 3.05) is 5.32 Å². The van der Waals surface area contributed by atoms with Crippen LogP contribution in [-0.2, 0) is 10.3 Å². The number of carbonyl (C=O) groups is 1. The highest BCUT2D eigenvalue weighted by molar-refractivity contribution is 5.95. The van der Waals surface area contributed by atoms with Crippen molar-refractivity contribution in [2.45, 2.75) is 50.4 Å². The second kappa shape index (κ2) is 6.21. The van der Waals surface area contributed by atoms with E-state index in [2.05, 4.69) is 20.1 Å². The number of nitrogens with zero attached hydrogens (tertiary/aromatic N) is 3. The minimum absolute atomic E-state index is 0.0550. The van der Waals surface area contributed by atoms with E-state index < -0.39 is 11.8 Å². The fourth-order valence-corrected chi connectivity index (χ4v) is 6.20. The van der Waals surface area contributed by atoms with Gasteiger partial charge in [-0.3, -0.25) is 4.79 Å². The van der Waals surface area contributed by atoms with Gasteiger partial charge in [-0.05, 0) is 74.6 Å². The number of ether oxygens (including phenoxy) is 1. The molecule has 0 radical (unpaired) electrons. The van der Waals surface area contributed by atoms with Crippen molar-refractivity contribution in [2.24, 2.45) is 17.3 Å². The third-order valence-electron chi connectivity index (χ3n) is 6.76. The Kier molecular flexibility index (Phi) is 3.95. The first kappa shape index (κ1) is 18.4. The first-order valence-corrected chi connectivity index (χ1v) is 9.78. The van der Waals surface area contributed by atoms with Gasteiger partial charge in [-0.25, -0.2) is 9.67 Å². The normalized spacial score (nSPS) is 32.9. The molecule has 0 unspecified atom stereocenters. The summed E-state index contributed by atoms with van der Waals surface area (Å²) in [7, 11) is 0. The molecule has 0 aliphatic heterocycles. The van der Waals surface area contributed by atoms with Crippen molar-refractivity contribution in [3.8, 4) is 5.75 Å². The summed E-state index contributed by atoms with van der Waals surface area (Å²) in [6.07, 6.45) is 4.15. The highest BCUT2D eigenvalue weighted by Crippen LogP contribution is 2.64. The fourth-order valence-electron chi connectivity index (χ4n) is 6.20. The highest BCUT2D eigenvalue weighted by Gasteiger charge is 2.61. The lowest BCUT2D eigenvalue weighted by atomic mass is 9.46. The Balaban J connectivity index is 1.36. The minimum atomic E-state index is -4.74. The quantitative estimate of drug-likeness (QED) is 0.830. The maximum Gasteiger partial charge on any atom is 0.573 e. The van der Waals surface area contributed by atoms with E-state index in [0.29, 0.717) is 17.5 Å². The van der Waals surface area contributed by atoms with Gasteiger partial charge in [0, 0.05) is 5.69 Å². The zero-order valence-corrected chi connectivity index (χ0v) is 15.7. The van der Waals surface area contributed by atoms with Crippen LogP contribution in [0.15, 0.2) is 36.9 Å². The number of hydrogen-bond acceptors (Lipinski definition) is 4. The molecule has 4 fully saturated rings. The predicted molar refractivity (Wildman–Crippen MR) is 96.9 cm³/mol. The van der Waals surface area contributed by atoms with Crippen molar-refractivity contribution in [1.29, 1.82) is 0 Å². The number of hydrogen-bond donors (Lipinski definition) is 1. The summed E-state index contributed by atoms with van der Waals surface area (Å²) >= 11 is 0. The van der Waals surface area contributed by atoms with Crippen LogP contribution >= 0.6 is 0 Å². The lowest BCUT2D eigenvalue weighted by Crippen LogP contribution is -2.60. The van der Waals surface area contributed by atoms with Crippen LogP contribution in [0.4, 0.5) is 18.9 Å². The van der Waals surface area contributed by atoms with Crippen LogP contribution in [0.1, 0.15) is 38.5 Å². The summed E-state index contributed by atoms with van der Waals surface area (Å²) in [6.45, 7) is 0. The van der Waals surface area contributed by atoms with Crippen LogP contribution in [0.2, 0.25) is 0 Å². The van der Waals surface area contributed by atoms with Gasteiger partial charge in [-0.1, -0.05) is 0 Å². The van der Waals surface area contributed by atoms with Gasteiger partial charge >= 0.3 is 6.36 Å². The van der Waals surface area contributed by atoms with Crippen LogP contribution in [-0.4, -0.2) is 27.0 Å². The second-order valence-corrected chi connectivity index (χ2v) is 8.83. The number of aromatic nitrogens is 3. The molecule has 1 heterocycles. The Labute approximate surface area is 165 Å². The number of carbonyl (C=O) groups excluding carboxylic acids is 1. The molecule has 29 heavy (non-hydrogen) atoms. The van der Waals surface area contributed by atoms with E-state index in [1.54, 1.807) is 6.33 Å². The Morgan fingerprint density at radius 1 is 1.14 bits per heavy atom. The monoisotopic (exact) mass is 406 g/mol. The molecule has 6 nitrogen and oxygen atoms in total. The summed E-state index contributed by atoms with van der Waals surface area (Å²) in [5.74, 6) is 0.596. The molecule has 9 heteroatoms. The lowest BCUT2D eigenvalue weighted by Gasteiger charge is -2.60. The molecule has 4 aliphatic carbocycles. The number of halogens is 3. The zero-order valence-electron chi connectivity index (χ0n) is 15.7. The molecular formula is C20H21F3N4O2. The van der Waals surface area contributed by atoms with Gasteiger partial charge in [0.15, 0.2) is 0 Å². The number of benzene rings is 1. The Bertz CT molecular complexity index is 897. The molecule has 1 aromatic heterocycles. The number of rotatable bonds is 4. The Hall–Kier alpha value is -2.58. The van der Waals surface area contributed by atoms with Gasteiger partial charge in [0.05, 0.1) is 11.0 Å². The Morgan fingerprint density at radius 3 is 2.41 bits per heavy atom.